The SMILES string of the molecule is COC1=NOC2(CCC(N)C2)C1. The predicted octanol–water partition coefficient (Wildman–Crippen LogP) is 0.617. The maximum Gasteiger partial charge on any atom is 0.229 e. The van der Waals surface area contributed by atoms with Crippen LogP contribution in [0.15, 0.2) is 5.16 Å². The molecule has 1 spiro atoms. The Hall–Kier alpha value is -0.770. The number of oxime groups is 1. The van der Waals surface area contributed by atoms with Gasteiger partial charge in [0.15, 0.2) is 0 Å². The fourth-order valence-corrected chi connectivity index (χ4v) is 1.97. The summed E-state index contributed by atoms with van der Waals surface area (Å²) in [6.45, 7) is 0. The third-order valence-electron chi connectivity index (χ3n) is 2.66. The normalized spacial score (nSPS) is 39.8. The summed E-state index contributed by atoms with van der Waals surface area (Å²) in [6, 6.07) is 0.274. The van der Waals surface area contributed by atoms with Crippen molar-refractivity contribution in [1.82, 2.24) is 0 Å². The van der Waals surface area contributed by atoms with Gasteiger partial charge in [0.05, 0.1) is 13.5 Å². The quantitative estimate of drug-likeness (QED) is 0.579. The molecule has 1 fully saturated rings. The smallest absolute Gasteiger partial charge is 0.229 e. The van der Waals surface area contributed by atoms with Gasteiger partial charge in [-0.2, -0.15) is 0 Å². The van der Waals surface area contributed by atoms with Gasteiger partial charge in [-0.25, -0.2) is 0 Å². The average Bonchev–Trinajstić information content (AvgIpc) is 2.61. The van der Waals surface area contributed by atoms with E-state index in [1.807, 2.05) is 0 Å². The molecular weight excluding hydrogens is 156 g/mol. The van der Waals surface area contributed by atoms with E-state index in [1.165, 1.54) is 0 Å². The van der Waals surface area contributed by atoms with E-state index in [2.05, 4.69) is 5.16 Å². The Morgan fingerprint density at radius 1 is 1.75 bits per heavy atom. The predicted molar refractivity (Wildman–Crippen MR) is 44.7 cm³/mol. The van der Waals surface area contributed by atoms with E-state index in [0.29, 0.717) is 5.90 Å². The van der Waals surface area contributed by atoms with Crippen molar-refractivity contribution >= 4 is 5.90 Å². The molecule has 2 N–H and O–H groups in total. The minimum absolute atomic E-state index is 0.120. The summed E-state index contributed by atoms with van der Waals surface area (Å²) in [4.78, 5) is 5.36. The Morgan fingerprint density at radius 2 is 2.58 bits per heavy atom. The molecule has 68 valence electrons. The van der Waals surface area contributed by atoms with Crippen molar-refractivity contribution in [1.29, 1.82) is 0 Å². The molecule has 2 atom stereocenters. The van der Waals surface area contributed by atoms with E-state index in [4.69, 9.17) is 15.3 Å². The molecule has 0 aromatic carbocycles. The number of rotatable bonds is 0. The lowest BCUT2D eigenvalue weighted by atomic mass is 9.98. The maximum atomic E-state index is 5.80. The van der Waals surface area contributed by atoms with Gasteiger partial charge in [-0.3, -0.25) is 0 Å². The highest BCUT2D eigenvalue weighted by molar-refractivity contribution is 5.77. The molecule has 1 heterocycles. The van der Waals surface area contributed by atoms with Crippen molar-refractivity contribution in [2.24, 2.45) is 10.9 Å². The third-order valence-corrected chi connectivity index (χ3v) is 2.66. The highest BCUT2D eigenvalue weighted by atomic mass is 16.7. The lowest BCUT2D eigenvalue weighted by molar-refractivity contribution is -0.0136. The highest BCUT2D eigenvalue weighted by Gasteiger charge is 2.45. The minimum Gasteiger partial charge on any atom is -0.482 e. The zero-order chi connectivity index (χ0) is 8.60. The first-order valence-corrected chi connectivity index (χ1v) is 4.29. The molecule has 2 aliphatic rings. The van der Waals surface area contributed by atoms with Crippen LogP contribution in [-0.4, -0.2) is 24.7 Å². The van der Waals surface area contributed by atoms with Gasteiger partial charge >= 0.3 is 0 Å². The summed E-state index contributed by atoms with van der Waals surface area (Å²) in [5.41, 5.74) is 5.68. The van der Waals surface area contributed by atoms with Crippen LogP contribution in [0, 0.1) is 0 Å². The standard InChI is InChI=1S/C8H14N2O2/c1-11-7-5-8(12-10-7)3-2-6(9)4-8/h6H,2-5,9H2,1H3. The Morgan fingerprint density at radius 3 is 3.08 bits per heavy atom. The molecule has 2 rings (SSSR count). The van der Waals surface area contributed by atoms with Crippen LogP contribution in [0.2, 0.25) is 0 Å². The van der Waals surface area contributed by atoms with Gasteiger partial charge in [-0.1, -0.05) is 5.16 Å². The molecule has 12 heavy (non-hydrogen) atoms. The number of nitrogens with zero attached hydrogens (tertiary/aromatic N) is 1. The number of hydrogen-bond donors (Lipinski definition) is 1. The summed E-state index contributed by atoms with van der Waals surface area (Å²) in [7, 11) is 1.62. The molecule has 4 nitrogen and oxygen atoms in total. The molecule has 0 aromatic rings. The lowest BCUT2D eigenvalue weighted by Crippen LogP contribution is -2.28. The van der Waals surface area contributed by atoms with Crippen LogP contribution in [0.3, 0.4) is 0 Å². The molecule has 0 aromatic heterocycles. The molecule has 4 heteroatoms. The summed E-state index contributed by atoms with van der Waals surface area (Å²) >= 11 is 0. The number of nitrogens with two attached hydrogens (primary N) is 1. The summed E-state index contributed by atoms with van der Waals surface area (Å²) in [5, 5.41) is 3.86. The van der Waals surface area contributed by atoms with Gasteiger partial charge in [-0.05, 0) is 12.8 Å². The lowest BCUT2D eigenvalue weighted by Gasteiger charge is -2.18. The average molecular weight is 170 g/mol. The van der Waals surface area contributed by atoms with Crippen LogP contribution in [0.1, 0.15) is 25.7 Å². The van der Waals surface area contributed by atoms with Gasteiger partial charge in [0.25, 0.3) is 0 Å². The van der Waals surface area contributed by atoms with E-state index >= 15 is 0 Å². The monoisotopic (exact) mass is 170 g/mol. The van der Waals surface area contributed by atoms with Gasteiger partial charge < -0.3 is 15.3 Å². The van der Waals surface area contributed by atoms with Crippen molar-refractivity contribution in [2.75, 3.05) is 7.11 Å². The van der Waals surface area contributed by atoms with E-state index in [0.717, 1.165) is 25.7 Å². The molecule has 0 saturated heterocycles. The van der Waals surface area contributed by atoms with E-state index in [1.54, 1.807) is 7.11 Å². The van der Waals surface area contributed by atoms with E-state index in [-0.39, 0.29) is 11.6 Å². The Balaban J connectivity index is 2.00. The largest absolute Gasteiger partial charge is 0.482 e. The second-order valence-electron chi connectivity index (χ2n) is 3.64. The van der Waals surface area contributed by atoms with Crippen molar-refractivity contribution in [2.45, 2.75) is 37.3 Å². The number of methoxy groups -OCH3 is 1. The Labute approximate surface area is 71.7 Å². The highest BCUT2D eigenvalue weighted by Crippen LogP contribution is 2.39. The first-order chi connectivity index (χ1) is 5.74. The first-order valence-electron chi connectivity index (χ1n) is 4.29. The van der Waals surface area contributed by atoms with Crippen LogP contribution < -0.4 is 5.73 Å². The third kappa shape index (κ3) is 1.16. The van der Waals surface area contributed by atoms with Gasteiger partial charge in [0.2, 0.25) is 5.90 Å². The van der Waals surface area contributed by atoms with Gasteiger partial charge in [0.1, 0.15) is 5.60 Å². The van der Waals surface area contributed by atoms with Crippen LogP contribution in [0.25, 0.3) is 0 Å². The Kier molecular flexibility index (Phi) is 1.72. The van der Waals surface area contributed by atoms with Crippen LogP contribution >= 0.6 is 0 Å². The van der Waals surface area contributed by atoms with E-state index < -0.39 is 0 Å². The molecule has 1 aliphatic carbocycles. The molecule has 1 saturated carbocycles. The molecule has 2 unspecified atom stereocenters. The van der Waals surface area contributed by atoms with Crippen molar-refractivity contribution < 1.29 is 9.57 Å². The molecule has 0 amide bonds. The van der Waals surface area contributed by atoms with Crippen molar-refractivity contribution in [3.63, 3.8) is 0 Å². The zero-order valence-corrected chi connectivity index (χ0v) is 7.25. The molecule has 0 radical (unpaired) electrons. The molecular formula is C8H14N2O2. The van der Waals surface area contributed by atoms with Crippen molar-refractivity contribution in [3.05, 3.63) is 0 Å². The van der Waals surface area contributed by atoms with Crippen LogP contribution in [0.5, 0.6) is 0 Å². The first kappa shape index (κ1) is 7.86. The Bertz CT molecular complexity index is 217. The van der Waals surface area contributed by atoms with E-state index in [9.17, 15) is 0 Å². The van der Waals surface area contributed by atoms with Crippen molar-refractivity contribution in [3.8, 4) is 0 Å². The van der Waals surface area contributed by atoms with Crippen LogP contribution in [-0.2, 0) is 9.57 Å². The summed E-state index contributed by atoms with van der Waals surface area (Å²) < 4.78 is 5.02. The summed E-state index contributed by atoms with van der Waals surface area (Å²) in [6.07, 6.45) is 3.73. The van der Waals surface area contributed by atoms with Crippen LogP contribution in [0.4, 0.5) is 0 Å². The number of ether oxygens (including phenoxy) is 1. The maximum absolute atomic E-state index is 5.80. The number of hydrogen-bond acceptors (Lipinski definition) is 4. The fraction of sp³-hybridized carbons (Fsp3) is 0.875. The molecule has 0 bridgehead atoms. The fourth-order valence-electron chi connectivity index (χ4n) is 1.97. The zero-order valence-electron chi connectivity index (χ0n) is 7.25. The molecule has 1 aliphatic heterocycles. The topological polar surface area (TPSA) is 56.8 Å². The van der Waals surface area contributed by atoms with Gasteiger partial charge in [-0.15, -0.1) is 0 Å². The minimum atomic E-state index is -0.120. The van der Waals surface area contributed by atoms with Gasteiger partial charge in [0, 0.05) is 12.5 Å². The second kappa shape index (κ2) is 2.62. The second-order valence-corrected chi connectivity index (χ2v) is 3.64. The summed E-state index contributed by atoms with van der Waals surface area (Å²) in [5.74, 6) is 0.698.